The van der Waals surface area contributed by atoms with Gasteiger partial charge >= 0.3 is 0 Å². The van der Waals surface area contributed by atoms with Gasteiger partial charge in [-0.3, -0.25) is 4.79 Å². The fourth-order valence-corrected chi connectivity index (χ4v) is 3.72. The van der Waals surface area contributed by atoms with E-state index >= 15 is 0 Å². The Hall–Kier alpha value is -1.64. The molecule has 0 bridgehead atoms. The number of aliphatic imine (C=N–C) groups is 1. The molecule has 9 heteroatoms. The molecule has 1 amide bonds. The number of carbonyl (C=O) groups is 1. The van der Waals surface area contributed by atoms with E-state index in [1.807, 2.05) is 0 Å². The fraction of sp³-hybridized carbons (Fsp3) is 0.385. The highest BCUT2D eigenvalue weighted by Gasteiger charge is 2.25. The summed E-state index contributed by atoms with van der Waals surface area (Å²) in [5.41, 5.74) is 10.5. The van der Waals surface area contributed by atoms with Crippen molar-refractivity contribution < 1.29 is 13.2 Å². The summed E-state index contributed by atoms with van der Waals surface area (Å²) in [7, 11) is -3.49. The second-order valence-electron chi connectivity index (χ2n) is 4.83. The van der Waals surface area contributed by atoms with Gasteiger partial charge in [0, 0.05) is 18.7 Å². The van der Waals surface area contributed by atoms with Crippen LogP contribution < -0.4 is 11.5 Å². The molecule has 1 aromatic rings. The third kappa shape index (κ3) is 4.19. The maximum absolute atomic E-state index is 12.4. The minimum absolute atomic E-state index is 0. The van der Waals surface area contributed by atoms with Crippen molar-refractivity contribution in [2.75, 3.05) is 13.1 Å². The van der Waals surface area contributed by atoms with E-state index in [4.69, 9.17) is 11.5 Å². The van der Waals surface area contributed by atoms with Crippen LogP contribution in [-0.2, 0) is 10.0 Å². The van der Waals surface area contributed by atoms with Crippen molar-refractivity contribution in [1.29, 1.82) is 0 Å². The number of rotatable bonds is 3. The topological polar surface area (TPSA) is 119 Å². The number of hydrogen-bond donors (Lipinski definition) is 2. The predicted octanol–water partition coefficient (Wildman–Crippen LogP) is 0.697. The molecular weight excluding hydrogens is 328 g/mol. The Morgan fingerprint density at radius 3 is 2.09 bits per heavy atom. The Balaban J connectivity index is 0.00000242. The van der Waals surface area contributed by atoms with Gasteiger partial charge in [-0.15, -0.1) is 12.4 Å². The second-order valence-corrected chi connectivity index (χ2v) is 6.77. The molecule has 0 saturated carbocycles. The van der Waals surface area contributed by atoms with Gasteiger partial charge in [0.05, 0.1) is 4.90 Å². The third-order valence-electron chi connectivity index (χ3n) is 3.28. The van der Waals surface area contributed by atoms with E-state index in [0.717, 1.165) is 19.3 Å². The smallest absolute Gasteiger partial charge is 0.280 e. The zero-order chi connectivity index (χ0) is 15.5. The number of hydrogen-bond acceptors (Lipinski definition) is 3. The summed E-state index contributed by atoms with van der Waals surface area (Å²) in [5, 5.41) is 0. The Kier molecular flexibility index (Phi) is 6.34. The van der Waals surface area contributed by atoms with Crippen LogP contribution >= 0.6 is 12.4 Å². The Bertz CT molecular complexity index is 648. The Morgan fingerprint density at radius 1 is 1.05 bits per heavy atom. The molecule has 122 valence electrons. The maximum Gasteiger partial charge on any atom is 0.280 e. The van der Waals surface area contributed by atoms with Crippen molar-refractivity contribution >= 4 is 34.3 Å². The Morgan fingerprint density at radius 2 is 1.59 bits per heavy atom. The average molecular weight is 347 g/mol. The zero-order valence-corrected chi connectivity index (χ0v) is 13.6. The molecule has 1 aliphatic rings. The van der Waals surface area contributed by atoms with E-state index in [-0.39, 0.29) is 28.8 Å². The quantitative estimate of drug-likeness (QED) is 0.616. The van der Waals surface area contributed by atoms with Crippen LogP contribution in [0.3, 0.4) is 0 Å². The van der Waals surface area contributed by atoms with Gasteiger partial charge < -0.3 is 11.5 Å². The minimum Gasteiger partial charge on any atom is -0.370 e. The Labute approximate surface area is 135 Å². The summed E-state index contributed by atoms with van der Waals surface area (Å²) in [6.07, 6.45) is 2.80. The predicted molar refractivity (Wildman–Crippen MR) is 86.4 cm³/mol. The fourth-order valence-electron chi connectivity index (χ4n) is 2.21. The summed E-state index contributed by atoms with van der Waals surface area (Å²) in [6.45, 7) is 1.08. The number of benzene rings is 1. The van der Waals surface area contributed by atoms with Crippen LogP contribution in [0.4, 0.5) is 0 Å². The summed E-state index contributed by atoms with van der Waals surface area (Å²) in [4.78, 5) is 15.2. The largest absolute Gasteiger partial charge is 0.370 e. The van der Waals surface area contributed by atoms with Crippen molar-refractivity contribution in [3.05, 3.63) is 29.8 Å². The van der Waals surface area contributed by atoms with Crippen molar-refractivity contribution in [3.63, 3.8) is 0 Å². The SMILES string of the molecule is Cl.NC(N)=NC(=O)c1ccc(S(=O)(=O)N2CCCCC2)cc1. The molecule has 0 atom stereocenters. The molecule has 1 aliphatic heterocycles. The summed E-state index contributed by atoms with van der Waals surface area (Å²) < 4.78 is 26.3. The number of guanidine groups is 1. The summed E-state index contributed by atoms with van der Waals surface area (Å²) in [5.74, 6) is -0.929. The van der Waals surface area contributed by atoms with Crippen molar-refractivity contribution in [1.82, 2.24) is 4.31 Å². The highest BCUT2D eigenvalue weighted by Crippen LogP contribution is 2.20. The molecule has 0 spiro atoms. The second kappa shape index (κ2) is 7.57. The highest BCUT2D eigenvalue weighted by atomic mass is 35.5. The third-order valence-corrected chi connectivity index (χ3v) is 5.20. The molecule has 1 heterocycles. The molecule has 7 nitrogen and oxygen atoms in total. The maximum atomic E-state index is 12.4. The van der Waals surface area contributed by atoms with E-state index in [9.17, 15) is 13.2 Å². The van der Waals surface area contributed by atoms with E-state index < -0.39 is 15.9 Å². The summed E-state index contributed by atoms with van der Waals surface area (Å²) in [6, 6.07) is 5.62. The highest BCUT2D eigenvalue weighted by molar-refractivity contribution is 7.89. The van der Waals surface area contributed by atoms with Crippen LogP contribution in [0.2, 0.25) is 0 Å². The number of carbonyl (C=O) groups excluding carboxylic acids is 1. The van der Waals surface area contributed by atoms with Gasteiger partial charge in [-0.05, 0) is 37.1 Å². The standard InChI is InChI=1S/C13H18N4O3S.ClH/c14-13(15)16-12(18)10-4-6-11(7-5-10)21(19,20)17-8-2-1-3-9-17;/h4-7H,1-3,8-9H2,(H4,14,15,16,18);1H. The van der Waals surface area contributed by atoms with Crippen LogP contribution in [0.25, 0.3) is 0 Å². The van der Waals surface area contributed by atoms with Crippen molar-refractivity contribution in [3.8, 4) is 0 Å². The van der Waals surface area contributed by atoms with Gasteiger partial charge in [0.25, 0.3) is 5.91 Å². The van der Waals surface area contributed by atoms with E-state index in [1.54, 1.807) is 0 Å². The number of piperidine rings is 1. The average Bonchev–Trinajstić information content (AvgIpc) is 2.47. The molecule has 1 saturated heterocycles. The van der Waals surface area contributed by atoms with Gasteiger partial charge in [0.2, 0.25) is 10.0 Å². The molecule has 22 heavy (non-hydrogen) atoms. The number of amides is 1. The van der Waals surface area contributed by atoms with Gasteiger partial charge in [0.15, 0.2) is 5.96 Å². The lowest BCUT2D eigenvalue weighted by Crippen LogP contribution is -2.35. The van der Waals surface area contributed by atoms with E-state index in [1.165, 1.54) is 28.6 Å². The molecule has 1 fully saturated rings. The van der Waals surface area contributed by atoms with Crippen LogP contribution in [0.15, 0.2) is 34.2 Å². The molecule has 0 radical (unpaired) electrons. The molecule has 1 aromatic carbocycles. The lowest BCUT2D eigenvalue weighted by molar-refractivity contribution is 0.100. The zero-order valence-electron chi connectivity index (χ0n) is 11.9. The molecule has 4 N–H and O–H groups in total. The lowest BCUT2D eigenvalue weighted by atomic mass is 10.2. The molecule has 0 aliphatic carbocycles. The van der Waals surface area contributed by atoms with Gasteiger partial charge in [-0.25, -0.2) is 8.42 Å². The first-order valence-corrected chi connectivity index (χ1v) is 8.09. The summed E-state index contributed by atoms with van der Waals surface area (Å²) >= 11 is 0. The number of nitrogens with two attached hydrogens (primary N) is 2. The first-order chi connectivity index (χ1) is 9.91. The van der Waals surface area contributed by atoms with Crippen LogP contribution in [-0.4, -0.2) is 37.7 Å². The van der Waals surface area contributed by atoms with Crippen molar-refractivity contribution in [2.45, 2.75) is 24.2 Å². The van der Waals surface area contributed by atoms with Crippen LogP contribution in [0, 0.1) is 0 Å². The van der Waals surface area contributed by atoms with E-state index in [0.29, 0.717) is 13.1 Å². The first kappa shape index (κ1) is 18.4. The van der Waals surface area contributed by atoms with Gasteiger partial charge in [0.1, 0.15) is 0 Å². The number of halogens is 1. The molecule has 0 aromatic heterocycles. The van der Waals surface area contributed by atoms with Crippen LogP contribution in [0.1, 0.15) is 29.6 Å². The minimum atomic E-state index is -3.49. The number of sulfonamides is 1. The van der Waals surface area contributed by atoms with Crippen molar-refractivity contribution in [2.24, 2.45) is 16.5 Å². The normalized spacial score (nSPS) is 15.6. The van der Waals surface area contributed by atoms with Gasteiger partial charge in [-0.1, -0.05) is 6.42 Å². The molecular formula is C13H19ClN4O3S. The van der Waals surface area contributed by atoms with Gasteiger partial charge in [-0.2, -0.15) is 9.30 Å². The monoisotopic (exact) mass is 346 g/mol. The lowest BCUT2D eigenvalue weighted by Gasteiger charge is -2.25. The number of nitrogens with zero attached hydrogens (tertiary/aromatic N) is 2. The molecule has 0 unspecified atom stereocenters. The first-order valence-electron chi connectivity index (χ1n) is 6.65. The molecule has 2 rings (SSSR count). The van der Waals surface area contributed by atoms with E-state index in [2.05, 4.69) is 4.99 Å². The van der Waals surface area contributed by atoms with Crippen LogP contribution in [0.5, 0.6) is 0 Å².